The van der Waals surface area contributed by atoms with Crippen LogP contribution in [0.5, 0.6) is 5.88 Å². The van der Waals surface area contributed by atoms with Gasteiger partial charge in [-0.15, -0.1) is 10.2 Å². The molecule has 0 aromatic carbocycles. The lowest BCUT2D eigenvalue weighted by Crippen LogP contribution is -2.51. The van der Waals surface area contributed by atoms with Gasteiger partial charge in [0.05, 0.1) is 11.9 Å². The summed E-state index contributed by atoms with van der Waals surface area (Å²) in [5.41, 5.74) is 3.04. The predicted octanol–water partition coefficient (Wildman–Crippen LogP) is 2.49. The molecule has 2 aliphatic rings. The lowest BCUT2D eigenvalue weighted by Gasteiger charge is -2.51. The largest absolute Gasteiger partial charge is 0.473 e. The highest BCUT2D eigenvalue weighted by Crippen LogP contribution is 2.50. The number of ether oxygens (including phenoxy) is 1. The van der Waals surface area contributed by atoms with E-state index in [-0.39, 0.29) is 11.5 Å². The summed E-state index contributed by atoms with van der Waals surface area (Å²) >= 11 is 0. The van der Waals surface area contributed by atoms with E-state index >= 15 is 0 Å². The number of hydrogen-bond acceptors (Lipinski definition) is 5. The third-order valence-corrected chi connectivity index (χ3v) is 5.71. The summed E-state index contributed by atoms with van der Waals surface area (Å²) in [6.07, 6.45) is 4.91. The van der Waals surface area contributed by atoms with Crippen molar-refractivity contribution in [2.45, 2.75) is 38.7 Å². The van der Waals surface area contributed by atoms with Gasteiger partial charge in [-0.3, -0.25) is 4.68 Å². The molecule has 2 aromatic heterocycles. The van der Waals surface area contributed by atoms with Gasteiger partial charge >= 0.3 is 6.09 Å². The second-order valence-electron chi connectivity index (χ2n) is 7.47. The average Bonchev–Trinajstić information content (AvgIpc) is 2.93. The van der Waals surface area contributed by atoms with Crippen molar-refractivity contribution in [2.75, 3.05) is 13.1 Å². The standard InChI is InChI=1S/C18H23N5O3/c1-12-11-19-22(2)16(12)14-3-4-15(21-20-14)26-13-9-18(10-13)5-7-23(8-6-18)17(24)25/h3-4,11,13H,5-10H2,1-2H3,(H,24,25). The van der Waals surface area contributed by atoms with E-state index in [0.29, 0.717) is 19.0 Å². The first-order valence-electron chi connectivity index (χ1n) is 8.93. The Hall–Kier alpha value is -2.64. The smallest absolute Gasteiger partial charge is 0.407 e. The van der Waals surface area contributed by atoms with Crippen molar-refractivity contribution in [2.24, 2.45) is 12.5 Å². The number of aryl methyl sites for hydroxylation is 2. The topological polar surface area (TPSA) is 93.4 Å². The SMILES string of the molecule is Cc1cnn(C)c1-c1ccc(OC2CC3(CCN(C(=O)O)CC3)C2)nn1. The van der Waals surface area contributed by atoms with E-state index < -0.39 is 6.09 Å². The van der Waals surface area contributed by atoms with Crippen LogP contribution in [0.3, 0.4) is 0 Å². The summed E-state index contributed by atoms with van der Waals surface area (Å²) in [5.74, 6) is 0.538. The van der Waals surface area contributed by atoms with Crippen molar-refractivity contribution >= 4 is 6.09 Å². The van der Waals surface area contributed by atoms with E-state index in [1.54, 1.807) is 4.68 Å². The van der Waals surface area contributed by atoms with E-state index in [9.17, 15) is 4.79 Å². The minimum absolute atomic E-state index is 0.143. The first-order chi connectivity index (χ1) is 12.5. The molecule has 1 spiro atoms. The van der Waals surface area contributed by atoms with Gasteiger partial charge in [0, 0.05) is 26.2 Å². The highest BCUT2D eigenvalue weighted by molar-refractivity contribution is 5.65. The molecule has 0 bridgehead atoms. The summed E-state index contributed by atoms with van der Waals surface area (Å²) in [7, 11) is 1.89. The lowest BCUT2D eigenvalue weighted by molar-refractivity contribution is -0.0534. The molecule has 2 fully saturated rings. The fourth-order valence-electron chi connectivity index (χ4n) is 4.17. The van der Waals surface area contributed by atoms with Gasteiger partial charge < -0.3 is 14.7 Å². The molecule has 0 unspecified atom stereocenters. The van der Waals surface area contributed by atoms with Gasteiger partial charge in [-0.2, -0.15) is 5.10 Å². The average molecular weight is 357 g/mol. The molecule has 2 aromatic rings. The van der Waals surface area contributed by atoms with Crippen LogP contribution in [0, 0.1) is 12.3 Å². The van der Waals surface area contributed by atoms with Crippen LogP contribution in [0.1, 0.15) is 31.2 Å². The first-order valence-corrected chi connectivity index (χ1v) is 8.93. The maximum absolute atomic E-state index is 11.0. The van der Waals surface area contributed by atoms with Gasteiger partial charge in [0.25, 0.3) is 0 Å². The lowest BCUT2D eigenvalue weighted by atomic mass is 9.61. The number of rotatable bonds is 3. The summed E-state index contributed by atoms with van der Waals surface area (Å²) in [4.78, 5) is 12.5. The molecule has 1 N–H and O–H groups in total. The van der Waals surface area contributed by atoms with Crippen molar-refractivity contribution in [1.29, 1.82) is 0 Å². The Bertz CT molecular complexity index is 781. The zero-order chi connectivity index (χ0) is 18.3. The van der Waals surface area contributed by atoms with Crippen LogP contribution in [-0.2, 0) is 7.05 Å². The zero-order valence-corrected chi connectivity index (χ0v) is 15.1. The fourth-order valence-corrected chi connectivity index (χ4v) is 4.17. The maximum Gasteiger partial charge on any atom is 0.407 e. The first kappa shape index (κ1) is 16.8. The Morgan fingerprint density at radius 1 is 1.27 bits per heavy atom. The Labute approximate surface area is 151 Å². The highest BCUT2D eigenvalue weighted by atomic mass is 16.5. The third kappa shape index (κ3) is 3.00. The van der Waals surface area contributed by atoms with E-state index in [0.717, 1.165) is 42.6 Å². The van der Waals surface area contributed by atoms with Gasteiger partial charge in [-0.05, 0) is 49.7 Å². The quantitative estimate of drug-likeness (QED) is 0.907. The molecular weight excluding hydrogens is 334 g/mol. The Morgan fingerprint density at radius 3 is 2.54 bits per heavy atom. The predicted molar refractivity (Wildman–Crippen MR) is 93.9 cm³/mol. The van der Waals surface area contributed by atoms with E-state index in [1.165, 1.54) is 4.90 Å². The van der Waals surface area contributed by atoms with E-state index in [2.05, 4.69) is 15.3 Å². The molecule has 0 atom stereocenters. The Kier molecular flexibility index (Phi) is 4.05. The van der Waals surface area contributed by atoms with Gasteiger partial charge in [0.1, 0.15) is 11.8 Å². The Morgan fingerprint density at radius 2 is 2.00 bits per heavy atom. The summed E-state index contributed by atoms with van der Waals surface area (Å²) in [6, 6.07) is 3.76. The molecule has 1 saturated carbocycles. The molecule has 8 nitrogen and oxygen atoms in total. The molecule has 1 saturated heterocycles. The molecule has 1 aliphatic heterocycles. The number of carbonyl (C=O) groups is 1. The van der Waals surface area contributed by atoms with Crippen molar-refractivity contribution in [3.8, 4) is 17.3 Å². The van der Waals surface area contributed by atoms with Crippen molar-refractivity contribution in [3.63, 3.8) is 0 Å². The van der Waals surface area contributed by atoms with Crippen molar-refractivity contribution in [3.05, 3.63) is 23.9 Å². The van der Waals surface area contributed by atoms with Gasteiger partial charge in [0.15, 0.2) is 0 Å². The van der Waals surface area contributed by atoms with Crippen molar-refractivity contribution in [1.82, 2.24) is 24.9 Å². The number of likely N-dealkylation sites (tertiary alicyclic amines) is 1. The molecule has 0 radical (unpaired) electrons. The second-order valence-corrected chi connectivity index (χ2v) is 7.47. The molecule has 8 heteroatoms. The van der Waals surface area contributed by atoms with Crippen LogP contribution >= 0.6 is 0 Å². The van der Waals surface area contributed by atoms with E-state index in [4.69, 9.17) is 9.84 Å². The van der Waals surface area contributed by atoms with E-state index in [1.807, 2.05) is 32.3 Å². The highest BCUT2D eigenvalue weighted by Gasteiger charge is 2.47. The number of carboxylic acid groups (broad SMARTS) is 1. The monoisotopic (exact) mass is 357 g/mol. The van der Waals surface area contributed by atoms with Gasteiger partial charge in [-0.25, -0.2) is 4.79 Å². The Balaban J connectivity index is 1.33. The fraction of sp³-hybridized carbons (Fsp3) is 0.556. The van der Waals surface area contributed by atoms with Crippen LogP contribution in [0.25, 0.3) is 11.4 Å². The van der Waals surface area contributed by atoms with Crippen LogP contribution < -0.4 is 4.74 Å². The molecule has 138 valence electrons. The maximum atomic E-state index is 11.0. The summed E-state index contributed by atoms with van der Waals surface area (Å²) < 4.78 is 7.75. The molecule has 4 rings (SSSR count). The van der Waals surface area contributed by atoms with Crippen LogP contribution in [0.15, 0.2) is 18.3 Å². The molecule has 26 heavy (non-hydrogen) atoms. The molecule has 3 heterocycles. The molecular formula is C18H23N5O3. The van der Waals surface area contributed by atoms with Crippen LogP contribution in [-0.4, -0.2) is 55.3 Å². The minimum atomic E-state index is -0.814. The number of nitrogens with zero attached hydrogens (tertiary/aromatic N) is 5. The van der Waals surface area contributed by atoms with Gasteiger partial charge in [0.2, 0.25) is 5.88 Å². The van der Waals surface area contributed by atoms with Gasteiger partial charge in [-0.1, -0.05) is 0 Å². The molecule has 1 aliphatic carbocycles. The number of piperidine rings is 1. The summed E-state index contributed by atoms with van der Waals surface area (Å²) in [5, 5.41) is 21.8. The number of hydrogen-bond donors (Lipinski definition) is 1. The van der Waals surface area contributed by atoms with Crippen molar-refractivity contribution < 1.29 is 14.6 Å². The summed E-state index contributed by atoms with van der Waals surface area (Å²) in [6.45, 7) is 3.25. The number of amides is 1. The normalized spacial score (nSPS) is 19.4. The third-order valence-electron chi connectivity index (χ3n) is 5.71. The number of aromatic nitrogens is 4. The van der Waals surface area contributed by atoms with Crippen LogP contribution in [0.4, 0.5) is 4.79 Å². The second kappa shape index (κ2) is 6.26. The minimum Gasteiger partial charge on any atom is -0.473 e. The van der Waals surface area contributed by atoms with Crippen LogP contribution in [0.2, 0.25) is 0 Å². The molecule has 1 amide bonds. The zero-order valence-electron chi connectivity index (χ0n) is 15.1.